The Labute approximate surface area is 111 Å². The first kappa shape index (κ1) is 13.2. The van der Waals surface area contributed by atoms with Gasteiger partial charge in [0.05, 0.1) is 5.69 Å². The molecule has 3 nitrogen and oxygen atoms in total. The number of halogens is 1. The topological polar surface area (TPSA) is 33.2 Å². The highest BCUT2D eigenvalue weighted by atomic mass is 19.1. The van der Waals surface area contributed by atoms with Crippen LogP contribution in [0.5, 0.6) is 0 Å². The summed E-state index contributed by atoms with van der Waals surface area (Å²) in [7, 11) is 1.81. The smallest absolute Gasteiger partial charge is 0.159 e. The van der Waals surface area contributed by atoms with Crippen LogP contribution in [0.25, 0.3) is 0 Å². The Balaban J connectivity index is 2.20. The summed E-state index contributed by atoms with van der Waals surface area (Å²) >= 11 is 0. The van der Waals surface area contributed by atoms with E-state index in [1.54, 1.807) is 29.4 Å². The number of carbonyl (C=O) groups excluding carboxylic acids is 1. The molecule has 0 aliphatic carbocycles. The van der Waals surface area contributed by atoms with Crippen molar-refractivity contribution in [3.8, 4) is 0 Å². The maximum atomic E-state index is 14.0. The van der Waals surface area contributed by atoms with Crippen LogP contribution in [0, 0.1) is 5.82 Å². The van der Waals surface area contributed by atoms with Crippen molar-refractivity contribution in [2.75, 3.05) is 11.9 Å². The van der Waals surface area contributed by atoms with Gasteiger partial charge >= 0.3 is 0 Å². The van der Waals surface area contributed by atoms with Crippen molar-refractivity contribution in [3.05, 3.63) is 59.7 Å². The molecule has 0 N–H and O–H groups in total. The van der Waals surface area contributed by atoms with E-state index in [2.05, 4.69) is 4.98 Å². The van der Waals surface area contributed by atoms with Crippen LogP contribution in [0.2, 0.25) is 0 Å². The Morgan fingerprint density at radius 3 is 2.53 bits per heavy atom. The molecule has 1 aromatic heterocycles. The van der Waals surface area contributed by atoms with Gasteiger partial charge in [-0.2, -0.15) is 0 Å². The molecule has 0 radical (unpaired) electrons. The number of anilines is 1. The van der Waals surface area contributed by atoms with Crippen molar-refractivity contribution >= 4 is 11.5 Å². The van der Waals surface area contributed by atoms with E-state index >= 15 is 0 Å². The molecule has 0 fully saturated rings. The van der Waals surface area contributed by atoms with Crippen molar-refractivity contribution in [3.63, 3.8) is 0 Å². The zero-order chi connectivity index (χ0) is 13.8. The van der Waals surface area contributed by atoms with Gasteiger partial charge in [-0.05, 0) is 42.8 Å². The molecule has 0 aliphatic rings. The minimum absolute atomic E-state index is 0.137. The Morgan fingerprint density at radius 2 is 1.95 bits per heavy atom. The molecule has 4 heteroatoms. The van der Waals surface area contributed by atoms with Gasteiger partial charge < -0.3 is 4.90 Å². The highest BCUT2D eigenvalue weighted by Gasteiger charge is 2.10. The summed E-state index contributed by atoms with van der Waals surface area (Å²) in [5.41, 5.74) is 1.91. The monoisotopic (exact) mass is 258 g/mol. The molecule has 0 saturated carbocycles. The maximum absolute atomic E-state index is 14.0. The predicted molar refractivity (Wildman–Crippen MR) is 72.7 cm³/mol. The molecule has 2 aromatic rings. The Morgan fingerprint density at radius 1 is 1.26 bits per heavy atom. The number of Topliss-reactive ketones (excluding diaryl/α,β-unsaturated/α-hetero) is 1. The number of nitrogens with zero attached hydrogens (tertiary/aromatic N) is 2. The van der Waals surface area contributed by atoms with Gasteiger partial charge in [0.15, 0.2) is 5.78 Å². The minimum Gasteiger partial charge on any atom is -0.368 e. The van der Waals surface area contributed by atoms with E-state index in [0.29, 0.717) is 17.8 Å². The van der Waals surface area contributed by atoms with E-state index in [4.69, 9.17) is 0 Å². The maximum Gasteiger partial charge on any atom is 0.159 e. The summed E-state index contributed by atoms with van der Waals surface area (Å²) in [6, 6.07) is 8.33. The van der Waals surface area contributed by atoms with E-state index in [1.807, 2.05) is 19.2 Å². The summed E-state index contributed by atoms with van der Waals surface area (Å²) in [5.74, 6) is -0.522. The SMILES string of the molecule is CC(=O)c1ccc(N(C)Cc2ccncc2)c(F)c1. The highest BCUT2D eigenvalue weighted by molar-refractivity contribution is 5.94. The molecular weight excluding hydrogens is 243 g/mol. The average molecular weight is 258 g/mol. The molecule has 0 aliphatic heterocycles. The molecule has 0 unspecified atom stereocenters. The molecule has 0 amide bonds. The van der Waals surface area contributed by atoms with Crippen molar-refractivity contribution in [2.45, 2.75) is 13.5 Å². The van der Waals surface area contributed by atoms with Gasteiger partial charge in [0, 0.05) is 31.5 Å². The fraction of sp³-hybridized carbons (Fsp3) is 0.200. The normalized spacial score (nSPS) is 10.3. The van der Waals surface area contributed by atoms with E-state index in [9.17, 15) is 9.18 Å². The van der Waals surface area contributed by atoms with Gasteiger partial charge in [-0.3, -0.25) is 9.78 Å². The summed E-state index contributed by atoms with van der Waals surface area (Å²) in [5, 5.41) is 0. The lowest BCUT2D eigenvalue weighted by molar-refractivity contribution is 0.101. The first-order valence-corrected chi connectivity index (χ1v) is 5.98. The third-order valence-electron chi connectivity index (χ3n) is 2.93. The van der Waals surface area contributed by atoms with Gasteiger partial charge in [0.2, 0.25) is 0 Å². The van der Waals surface area contributed by atoms with Gasteiger partial charge in [-0.15, -0.1) is 0 Å². The zero-order valence-corrected chi connectivity index (χ0v) is 10.9. The van der Waals surface area contributed by atoms with Crippen LogP contribution in [-0.2, 0) is 6.54 Å². The average Bonchev–Trinajstić information content (AvgIpc) is 2.39. The van der Waals surface area contributed by atoms with Gasteiger partial charge in [-0.25, -0.2) is 4.39 Å². The molecule has 0 spiro atoms. The molecule has 1 heterocycles. The number of aromatic nitrogens is 1. The fourth-order valence-electron chi connectivity index (χ4n) is 1.88. The van der Waals surface area contributed by atoms with Crippen molar-refractivity contribution in [2.24, 2.45) is 0 Å². The van der Waals surface area contributed by atoms with Crippen molar-refractivity contribution < 1.29 is 9.18 Å². The van der Waals surface area contributed by atoms with Gasteiger partial charge in [0.25, 0.3) is 0 Å². The van der Waals surface area contributed by atoms with Crippen LogP contribution in [0.15, 0.2) is 42.7 Å². The second-order valence-electron chi connectivity index (χ2n) is 4.43. The summed E-state index contributed by atoms with van der Waals surface area (Å²) < 4.78 is 14.0. The second kappa shape index (κ2) is 5.61. The molecule has 0 bridgehead atoms. The van der Waals surface area contributed by atoms with Crippen molar-refractivity contribution in [1.82, 2.24) is 4.98 Å². The zero-order valence-electron chi connectivity index (χ0n) is 10.9. The molecular formula is C15H15FN2O. The largest absolute Gasteiger partial charge is 0.368 e. The lowest BCUT2D eigenvalue weighted by Gasteiger charge is -2.20. The van der Waals surface area contributed by atoms with Crippen LogP contribution in [0.1, 0.15) is 22.8 Å². The van der Waals surface area contributed by atoms with Crippen LogP contribution in [-0.4, -0.2) is 17.8 Å². The first-order valence-electron chi connectivity index (χ1n) is 5.98. The summed E-state index contributed by atoms with van der Waals surface area (Å²) in [4.78, 5) is 16.9. The van der Waals surface area contributed by atoms with E-state index < -0.39 is 0 Å². The molecule has 0 saturated heterocycles. The molecule has 98 valence electrons. The fourth-order valence-corrected chi connectivity index (χ4v) is 1.88. The number of benzene rings is 1. The lowest BCUT2D eigenvalue weighted by Crippen LogP contribution is -2.18. The van der Waals surface area contributed by atoms with Crippen LogP contribution in [0.4, 0.5) is 10.1 Å². The second-order valence-corrected chi connectivity index (χ2v) is 4.43. The van der Waals surface area contributed by atoms with E-state index in [-0.39, 0.29) is 11.6 Å². The van der Waals surface area contributed by atoms with Crippen LogP contribution in [0.3, 0.4) is 0 Å². The van der Waals surface area contributed by atoms with E-state index in [0.717, 1.165) is 5.56 Å². The molecule has 19 heavy (non-hydrogen) atoms. The number of hydrogen-bond acceptors (Lipinski definition) is 3. The number of carbonyl (C=O) groups is 1. The summed E-state index contributed by atoms with van der Waals surface area (Å²) in [6.07, 6.45) is 3.41. The predicted octanol–water partition coefficient (Wildman–Crippen LogP) is 3.06. The Hall–Kier alpha value is -2.23. The van der Waals surface area contributed by atoms with Gasteiger partial charge in [-0.1, -0.05) is 0 Å². The Bertz CT molecular complexity index is 584. The minimum atomic E-state index is -0.385. The molecule has 2 rings (SSSR count). The number of ketones is 1. The van der Waals surface area contributed by atoms with Crippen LogP contribution < -0.4 is 4.90 Å². The third kappa shape index (κ3) is 3.16. The Kier molecular flexibility index (Phi) is 3.90. The standard InChI is InChI=1S/C15H15FN2O/c1-11(19)13-3-4-15(14(16)9-13)18(2)10-12-5-7-17-8-6-12/h3-9H,10H2,1-2H3. The third-order valence-corrected chi connectivity index (χ3v) is 2.93. The van der Waals surface area contributed by atoms with E-state index in [1.165, 1.54) is 13.0 Å². The number of rotatable bonds is 4. The first-order chi connectivity index (χ1) is 9.08. The van der Waals surface area contributed by atoms with Crippen molar-refractivity contribution in [1.29, 1.82) is 0 Å². The number of pyridine rings is 1. The van der Waals surface area contributed by atoms with Crippen LogP contribution >= 0.6 is 0 Å². The van der Waals surface area contributed by atoms with Gasteiger partial charge in [0.1, 0.15) is 5.82 Å². The molecule has 0 atom stereocenters. The molecule has 1 aromatic carbocycles. The highest BCUT2D eigenvalue weighted by Crippen LogP contribution is 2.21. The quantitative estimate of drug-likeness (QED) is 0.790. The summed E-state index contributed by atoms with van der Waals surface area (Å²) in [6.45, 7) is 2.01. The number of hydrogen-bond donors (Lipinski definition) is 0. The lowest BCUT2D eigenvalue weighted by atomic mass is 10.1.